The Hall–Kier alpha value is -3.25. The molecule has 7 rings (SSSR count). The van der Waals surface area contributed by atoms with Crippen LogP contribution in [0.2, 0.25) is 0 Å². The normalized spacial score (nSPS) is 35.4. The van der Waals surface area contributed by atoms with E-state index in [-0.39, 0.29) is 47.5 Å². The molecule has 1 aromatic carbocycles. The number of carbonyl (C=O) groups excluding carboxylic acids is 1. The molecule has 0 bridgehead atoms. The first-order valence-corrected chi connectivity index (χ1v) is 18.5. The molecule has 4 saturated carbocycles. The van der Waals surface area contributed by atoms with E-state index in [9.17, 15) is 19.4 Å². The molecule has 0 amide bonds. The first kappa shape index (κ1) is 35.2. The second-order valence-corrected chi connectivity index (χ2v) is 16.6. The van der Waals surface area contributed by atoms with Gasteiger partial charge in [0, 0.05) is 30.7 Å². The van der Waals surface area contributed by atoms with E-state index in [1.165, 1.54) is 36.9 Å². The lowest BCUT2D eigenvalue weighted by Gasteiger charge is -2.62. The van der Waals surface area contributed by atoms with Gasteiger partial charge in [-0.1, -0.05) is 32.1 Å². The molecule has 10 nitrogen and oxygen atoms in total. The maximum Gasteiger partial charge on any atom is 0.305 e. The zero-order valence-electron chi connectivity index (χ0n) is 29.7. The molecule has 3 aromatic rings. The van der Waals surface area contributed by atoms with E-state index in [1.807, 2.05) is 10.9 Å². The van der Waals surface area contributed by atoms with Crippen LogP contribution in [0.4, 0.5) is 8.78 Å². The molecule has 272 valence electrons. The maximum atomic E-state index is 15.0. The number of ether oxygens (including phenoxy) is 1. The molecule has 2 heterocycles. The van der Waals surface area contributed by atoms with Gasteiger partial charge in [-0.15, -0.1) is 5.10 Å². The number of rotatable bonds is 10. The van der Waals surface area contributed by atoms with Crippen LogP contribution in [0.3, 0.4) is 0 Å². The van der Waals surface area contributed by atoms with Crippen molar-refractivity contribution in [2.24, 2.45) is 46.3 Å². The molecule has 2 N–H and O–H groups in total. The van der Waals surface area contributed by atoms with Crippen LogP contribution in [-0.4, -0.2) is 59.2 Å². The average Bonchev–Trinajstić information content (AvgIpc) is 3.84. The van der Waals surface area contributed by atoms with Gasteiger partial charge < -0.3 is 14.9 Å². The summed E-state index contributed by atoms with van der Waals surface area (Å²) in [4.78, 5) is 15.8. The molecule has 2 aromatic heterocycles. The van der Waals surface area contributed by atoms with Crippen LogP contribution in [0.15, 0.2) is 37.1 Å². The van der Waals surface area contributed by atoms with Crippen molar-refractivity contribution in [3.63, 3.8) is 0 Å². The molecule has 0 radical (unpaired) electrons. The maximum absolute atomic E-state index is 15.0. The van der Waals surface area contributed by atoms with Crippen molar-refractivity contribution in [3.05, 3.63) is 59.9 Å². The number of halogens is 2. The summed E-state index contributed by atoms with van der Waals surface area (Å²) in [6, 6.07) is 3.34. The quantitative estimate of drug-likeness (QED) is 0.246. The average molecular weight is 695 g/mol. The lowest BCUT2D eigenvalue weighted by Crippen LogP contribution is -2.58. The SMILES string of the molecule is COC(=O)CC[C@@H](C)[C@H]1CCC2C3CC[C@@H]4C[C@@H](n5cc(CC(O)(Cn6cncn6)c6ccc(F)cc6F)nn5)CC[C@]4(C)C3C[C@H](O)[C@@]21C. The Morgan fingerprint density at radius 2 is 1.96 bits per heavy atom. The van der Waals surface area contributed by atoms with Crippen LogP contribution < -0.4 is 0 Å². The monoisotopic (exact) mass is 694 g/mol. The van der Waals surface area contributed by atoms with Crippen LogP contribution in [0, 0.1) is 58.0 Å². The van der Waals surface area contributed by atoms with E-state index in [4.69, 9.17) is 4.74 Å². The minimum Gasteiger partial charge on any atom is -0.469 e. The van der Waals surface area contributed by atoms with E-state index in [2.05, 4.69) is 41.2 Å². The summed E-state index contributed by atoms with van der Waals surface area (Å²) < 4.78 is 37.0. The number of methoxy groups -OCH3 is 1. The number of nitrogens with zero attached hydrogens (tertiary/aromatic N) is 6. The minimum atomic E-state index is -1.76. The fourth-order valence-electron chi connectivity index (χ4n) is 11.6. The molecule has 4 fully saturated rings. The van der Waals surface area contributed by atoms with Crippen molar-refractivity contribution in [2.45, 2.75) is 116 Å². The van der Waals surface area contributed by atoms with Gasteiger partial charge in [0.2, 0.25) is 0 Å². The largest absolute Gasteiger partial charge is 0.469 e. The van der Waals surface area contributed by atoms with Gasteiger partial charge in [0.25, 0.3) is 0 Å². The van der Waals surface area contributed by atoms with Crippen molar-refractivity contribution in [1.82, 2.24) is 29.8 Å². The second kappa shape index (κ2) is 13.4. The number of hydrogen-bond acceptors (Lipinski definition) is 8. The fourth-order valence-corrected chi connectivity index (χ4v) is 11.6. The van der Waals surface area contributed by atoms with Crippen molar-refractivity contribution in [2.75, 3.05) is 7.11 Å². The van der Waals surface area contributed by atoms with Gasteiger partial charge in [0.15, 0.2) is 0 Å². The smallest absolute Gasteiger partial charge is 0.305 e. The first-order valence-electron chi connectivity index (χ1n) is 18.5. The summed E-state index contributed by atoms with van der Waals surface area (Å²) in [5.41, 5.74) is -1.27. The number of benzene rings is 1. The summed E-state index contributed by atoms with van der Waals surface area (Å²) in [5.74, 6) is 1.13. The van der Waals surface area contributed by atoms with Crippen molar-refractivity contribution < 1.29 is 28.5 Å². The van der Waals surface area contributed by atoms with Crippen LogP contribution in [-0.2, 0) is 28.1 Å². The summed E-state index contributed by atoms with van der Waals surface area (Å²) >= 11 is 0. The van der Waals surface area contributed by atoms with E-state index in [0.29, 0.717) is 47.6 Å². The zero-order chi connectivity index (χ0) is 35.4. The molecular formula is C38H52F2N6O4. The van der Waals surface area contributed by atoms with Gasteiger partial charge in [0.05, 0.1) is 31.5 Å². The topological polar surface area (TPSA) is 128 Å². The minimum absolute atomic E-state index is 0.0343. The number of esters is 1. The van der Waals surface area contributed by atoms with Crippen LogP contribution >= 0.6 is 0 Å². The fraction of sp³-hybridized carbons (Fsp3) is 0.711. The lowest BCUT2D eigenvalue weighted by atomic mass is 9.43. The lowest BCUT2D eigenvalue weighted by molar-refractivity contribution is -0.171. The van der Waals surface area contributed by atoms with Crippen LogP contribution in [0.25, 0.3) is 0 Å². The number of aliphatic hydroxyl groups is 2. The summed E-state index contributed by atoms with van der Waals surface area (Å²) in [6.07, 6.45) is 13.9. The molecule has 12 heteroatoms. The highest BCUT2D eigenvalue weighted by molar-refractivity contribution is 5.69. The van der Waals surface area contributed by atoms with E-state index >= 15 is 4.39 Å². The first-order chi connectivity index (χ1) is 23.9. The summed E-state index contributed by atoms with van der Waals surface area (Å²) in [7, 11) is 1.45. The van der Waals surface area contributed by atoms with Crippen LogP contribution in [0.1, 0.15) is 102 Å². The third-order valence-corrected chi connectivity index (χ3v) is 14.3. The second-order valence-electron chi connectivity index (χ2n) is 16.6. The molecule has 0 spiro atoms. The summed E-state index contributed by atoms with van der Waals surface area (Å²) in [5, 5.41) is 36.8. The van der Waals surface area contributed by atoms with Gasteiger partial charge in [0.1, 0.15) is 29.9 Å². The van der Waals surface area contributed by atoms with Gasteiger partial charge in [-0.05, 0) is 110 Å². The van der Waals surface area contributed by atoms with Gasteiger partial charge in [-0.25, -0.2) is 23.1 Å². The predicted octanol–water partition coefficient (Wildman–Crippen LogP) is 6.04. The van der Waals surface area contributed by atoms with E-state index < -0.39 is 17.2 Å². The van der Waals surface area contributed by atoms with Crippen molar-refractivity contribution in [1.29, 1.82) is 0 Å². The number of fused-ring (bicyclic) bond motifs is 5. The highest BCUT2D eigenvalue weighted by Gasteiger charge is 2.63. The van der Waals surface area contributed by atoms with E-state index in [0.717, 1.165) is 63.5 Å². The molecule has 4 aliphatic rings. The Morgan fingerprint density at radius 1 is 1.14 bits per heavy atom. The van der Waals surface area contributed by atoms with E-state index in [1.54, 1.807) is 0 Å². The highest BCUT2D eigenvalue weighted by atomic mass is 19.1. The molecule has 4 unspecified atom stereocenters. The number of aromatic nitrogens is 6. The number of aliphatic hydroxyl groups excluding tert-OH is 1. The molecule has 0 saturated heterocycles. The third-order valence-electron chi connectivity index (χ3n) is 14.3. The van der Waals surface area contributed by atoms with Gasteiger partial charge in [-0.3, -0.25) is 4.79 Å². The Kier molecular flexibility index (Phi) is 9.41. The highest BCUT2D eigenvalue weighted by Crippen LogP contribution is 2.69. The zero-order valence-corrected chi connectivity index (χ0v) is 29.7. The Bertz CT molecular complexity index is 1670. The molecular weight excluding hydrogens is 642 g/mol. The molecule has 4 aliphatic carbocycles. The molecule has 11 atom stereocenters. The third kappa shape index (κ3) is 6.07. The Morgan fingerprint density at radius 3 is 2.70 bits per heavy atom. The predicted molar refractivity (Wildman–Crippen MR) is 180 cm³/mol. The number of hydrogen-bond donors (Lipinski definition) is 2. The van der Waals surface area contributed by atoms with Crippen LogP contribution in [0.5, 0.6) is 0 Å². The summed E-state index contributed by atoms with van der Waals surface area (Å²) in [6.45, 7) is 6.98. The van der Waals surface area contributed by atoms with Gasteiger partial charge in [-0.2, -0.15) is 5.10 Å². The molecule has 50 heavy (non-hydrogen) atoms. The Labute approximate surface area is 293 Å². The van der Waals surface area contributed by atoms with Gasteiger partial charge >= 0.3 is 5.97 Å². The van der Waals surface area contributed by atoms with Crippen molar-refractivity contribution >= 4 is 5.97 Å². The standard InChI is InChI=1S/C38H52F2N6O4/c1-23(5-12-35(48)50-4)29-10-11-30-28-8-6-24-15-27(13-14-36(24,2)32(28)17-34(47)37(29,30)3)46-19-26(43-44-46)18-38(49,20-45-22-41-21-42-45)31-9-7-25(39)16-33(31)40/h7,9,16,19,21-24,27-30,32,34,47,49H,5-6,8,10-15,17-18,20H2,1-4H3/t23-,24-,27+,28?,29-,30?,32?,34+,36+,37-,38?/m1/s1. The number of carbonyl (C=O) groups is 1. The van der Waals surface area contributed by atoms with Crippen molar-refractivity contribution in [3.8, 4) is 0 Å². The molecule has 0 aliphatic heterocycles. The Balaban J connectivity index is 1.05.